The second-order valence-electron chi connectivity index (χ2n) is 4.24. The molecule has 1 atom stereocenters. The minimum atomic E-state index is -0.132. The summed E-state index contributed by atoms with van der Waals surface area (Å²) in [6, 6.07) is 11.9. The third-order valence-electron chi connectivity index (χ3n) is 2.93. The van der Waals surface area contributed by atoms with E-state index in [-0.39, 0.29) is 5.38 Å². The SMILES string of the molecule is CC(Cl)c1nc2ccccc2n1Cc1ccco1. The summed E-state index contributed by atoms with van der Waals surface area (Å²) in [6.07, 6.45) is 1.68. The average molecular weight is 261 g/mol. The predicted molar refractivity (Wildman–Crippen MR) is 71.8 cm³/mol. The van der Waals surface area contributed by atoms with Crippen molar-refractivity contribution in [1.82, 2.24) is 9.55 Å². The van der Waals surface area contributed by atoms with Crippen LogP contribution in [0, 0.1) is 0 Å². The average Bonchev–Trinajstić information content (AvgIpc) is 2.98. The van der Waals surface area contributed by atoms with Crippen molar-refractivity contribution >= 4 is 22.6 Å². The van der Waals surface area contributed by atoms with Crippen LogP contribution in [0.4, 0.5) is 0 Å². The maximum absolute atomic E-state index is 6.21. The van der Waals surface area contributed by atoms with Crippen molar-refractivity contribution in [3.63, 3.8) is 0 Å². The molecule has 0 saturated carbocycles. The number of hydrogen-bond donors (Lipinski definition) is 0. The van der Waals surface area contributed by atoms with Crippen molar-refractivity contribution in [3.05, 3.63) is 54.2 Å². The molecule has 0 radical (unpaired) electrons. The number of imidazole rings is 1. The topological polar surface area (TPSA) is 31.0 Å². The van der Waals surface area contributed by atoms with E-state index in [1.54, 1.807) is 6.26 Å². The molecule has 3 aromatic rings. The Labute approximate surface area is 110 Å². The van der Waals surface area contributed by atoms with Gasteiger partial charge in [-0.3, -0.25) is 0 Å². The first-order chi connectivity index (χ1) is 8.75. The zero-order valence-corrected chi connectivity index (χ0v) is 10.8. The molecule has 0 N–H and O–H groups in total. The lowest BCUT2D eigenvalue weighted by molar-refractivity contribution is 0.492. The van der Waals surface area contributed by atoms with Crippen LogP contribution in [0.25, 0.3) is 11.0 Å². The standard InChI is InChI=1S/C14H13ClN2O/c1-10(15)14-16-12-6-2-3-7-13(12)17(14)9-11-5-4-8-18-11/h2-8,10H,9H2,1H3. The van der Waals surface area contributed by atoms with Crippen LogP contribution in [0.3, 0.4) is 0 Å². The molecule has 18 heavy (non-hydrogen) atoms. The molecule has 0 aliphatic carbocycles. The number of fused-ring (bicyclic) bond motifs is 1. The molecule has 0 spiro atoms. The Hall–Kier alpha value is -1.74. The van der Waals surface area contributed by atoms with Gasteiger partial charge in [-0.15, -0.1) is 11.6 Å². The molecule has 2 aromatic heterocycles. The third kappa shape index (κ3) is 1.91. The van der Waals surface area contributed by atoms with E-state index >= 15 is 0 Å². The predicted octanol–water partition coefficient (Wildman–Crippen LogP) is 3.98. The number of halogens is 1. The normalized spacial score (nSPS) is 13.0. The van der Waals surface area contributed by atoms with Gasteiger partial charge in [-0.25, -0.2) is 4.98 Å². The third-order valence-corrected chi connectivity index (χ3v) is 3.13. The minimum absolute atomic E-state index is 0.132. The Morgan fingerprint density at radius 2 is 2.11 bits per heavy atom. The molecule has 4 heteroatoms. The van der Waals surface area contributed by atoms with Gasteiger partial charge in [-0.2, -0.15) is 0 Å². The van der Waals surface area contributed by atoms with Gasteiger partial charge < -0.3 is 8.98 Å². The summed E-state index contributed by atoms with van der Waals surface area (Å²) >= 11 is 6.21. The summed E-state index contributed by atoms with van der Waals surface area (Å²) in [5, 5.41) is -0.132. The maximum atomic E-state index is 6.21. The van der Waals surface area contributed by atoms with E-state index in [1.165, 1.54) is 0 Å². The number of benzene rings is 1. The van der Waals surface area contributed by atoms with Crippen molar-refractivity contribution in [2.75, 3.05) is 0 Å². The largest absolute Gasteiger partial charge is 0.467 e. The van der Waals surface area contributed by atoms with E-state index in [0.717, 1.165) is 22.6 Å². The highest BCUT2D eigenvalue weighted by molar-refractivity contribution is 6.20. The second-order valence-corrected chi connectivity index (χ2v) is 4.89. The maximum Gasteiger partial charge on any atom is 0.128 e. The lowest BCUT2D eigenvalue weighted by atomic mass is 10.3. The Bertz CT molecular complexity index is 656. The first-order valence-corrected chi connectivity index (χ1v) is 6.31. The van der Waals surface area contributed by atoms with Gasteiger partial charge in [0, 0.05) is 0 Å². The highest BCUT2D eigenvalue weighted by Crippen LogP contribution is 2.25. The smallest absolute Gasteiger partial charge is 0.128 e. The van der Waals surface area contributed by atoms with E-state index in [0.29, 0.717) is 6.54 Å². The quantitative estimate of drug-likeness (QED) is 0.667. The molecule has 92 valence electrons. The number of rotatable bonds is 3. The van der Waals surface area contributed by atoms with Gasteiger partial charge in [0.1, 0.15) is 11.6 Å². The molecule has 0 bridgehead atoms. The van der Waals surface area contributed by atoms with E-state index in [9.17, 15) is 0 Å². The van der Waals surface area contributed by atoms with E-state index in [2.05, 4.69) is 9.55 Å². The summed E-state index contributed by atoms with van der Waals surface area (Å²) in [4.78, 5) is 4.58. The highest BCUT2D eigenvalue weighted by Gasteiger charge is 2.15. The zero-order valence-electron chi connectivity index (χ0n) is 10.0. The number of alkyl halides is 1. The Morgan fingerprint density at radius 1 is 1.28 bits per heavy atom. The van der Waals surface area contributed by atoms with Gasteiger partial charge in [0.25, 0.3) is 0 Å². The zero-order chi connectivity index (χ0) is 12.5. The molecule has 0 saturated heterocycles. The summed E-state index contributed by atoms with van der Waals surface area (Å²) in [6.45, 7) is 2.58. The van der Waals surface area contributed by atoms with Gasteiger partial charge in [0.05, 0.1) is 29.2 Å². The second kappa shape index (κ2) is 4.50. The van der Waals surface area contributed by atoms with Gasteiger partial charge in [0.15, 0.2) is 0 Å². The molecular weight excluding hydrogens is 248 g/mol. The fourth-order valence-electron chi connectivity index (χ4n) is 2.12. The van der Waals surface area contributed by atoms with Crippen molar-refractivity contribution < 1.29 is 4.42 Å². The molecule has 0 aliphatic rings. The Kier molecular flexibility index (Phi) is 2.84. The molecule has 0 aliphatic heterocycles. The summed E-state index contributed by atoms with van der Waals surface area (Å²) in [7, 11) is 0. The first-order valence-electron chi connectivity index (χ1n) is 5.87. The Morgan fingerprint density at radius 3 is 2.83 bits per heavy atom. The molecule has 1 aromatic carbocycles. The molecule has 2 heterocycles. The number of nitrogens with zero attached hydrogens (tertiary/aromatic N) is 2. The highest BCUT2D eigenvalue weighted by atomic mass is 35.5. The van der Waals surface area contributed by atoms with Gasteiger partial charge >= 0.3 is 0 Å². The van der Waals surface area contributed by atoms with Crippen LogP contribution < -0.4 is 0 Å². The number of aromatic nitrogens is 2. The van der Waals surface area contributed by atoms with Crippen molar-refractivity contribution in [2.24, 2.45) is 0 Å². The summed E-state index contributed by atoms with van der Waals surface area (Å²) < 4.78 is 7.50. The lowest BCUT2D eigenvalue weighted by Gasteiger charge is -2.08. The molecule has 3 nitrogen and oxygen atoms in total. The van der Waals surface area contributed by atoms with Crippen LogP contribution >= 0.6 is 11.6 Å². The van der Waals surface area contributed by atoms with Crippen LogP contribution in [0.5, 0.6) is 0 Å². The van der Waals surface area contributed by atoms with Crippen LogP contribution in [0.15, 0.2) is 47.1 Å². The van der Waals surface area contributed by atoms with Crippen LogP contribution in [0.1, 0.15) is 23.9 Å². The number of furan rings is 1. The summed E-state index contributed by atoms with van der Waals surface area (Å²) in [5.74, 6) is 1.77. The van der Waals surface area contributed by atoms with Crippen molar-refractivity contribution in [1.29, 1.82) is 0 Å². The van der Waals surface area contributed by atoms with Gasteiger partial charge in [0.2, 0.25) is 0 Å². The van der Waals surface area contributed by atoms with Crippen molar-refractivity contribution in [2.45, 2.75) is 18.8 Å². The fourth-order valence-corrected chi connectivity index (χ4v) is 2.29. The molecular formula is C14H13ClN2O. The molecule has 1 unspecified atom stereocenters. The van der Waals surface area contributed by atoms with Gasteiger partial charge in [-0.1, -0.05) is 12.1 Å². The van der Waals surface area contributed by atoms with E-state index in [1.807, 2.05) is 43.3 Å². The minimum Gasteiger partial charge on any atom is -0.467 e. The van der Waals surface area contributed by atoms with Gasteiger partial charge in [-0.05, 0) is 31.2 Å². The molecule has 0 fully saturated rings. The van der Waals surface area contributed by atoms with E-state index < -0.39 is 0 Å². The summed E-state index contributed by atoms with van der Waals surface area (Å²) in [5.41, 5.74) is 2.04. The van der Waals surface area contributed by atoms with Crippen LogP contribution in [-0.2, 0) is 6.54 Å². The van der Waals surface area contributed by atoms with E-state index in [4.69, 9.17) is 16.0 Å². The number of para-hydroxylation sites is 2. The first kappa shape index (κ1) is 11.4. The van der Waals surface area contributed by atoms with Crippen molar-refractivity contribution in [3.8, 4) is 0 Å². The lowest BCUT2D eigenvalue weighted by Crippen LogP contribution is -2.05. The molecule has 0 amide bonds. The fraction of sp³-hybridized carbons (Fsp3) is 0.214. The van der Waals surface area contributed by atoms with Crippen LogP contribution in [-0.4, -0.2) is 9.55 Å². The van der Waals surface area contributed by atoms with Crippen LogP contribution in [0.2, 0.25) is 0 Å². The monoisotopic (exact) mass is 260 g/mol. The number of hydrogen-bond acceptors (Lipinski definition) is 2. The Balaban J connectivity index is 2.15. The molecule has 3 rings (SSSR count).